The van der Waals surface area contributed by atoms with Gasteiger partial charge in [-0.2, -0.15) is 0 Å². The van der Waals surface area contributed by atoms with E-state index >= 15 is 0 Å². The van der Waals surface area contributed by atoms with Crippen molar-refractivity contribution in [3.8, 4) is 0 Å². The highest BCUT2D eigenvalue weighted by Gasteiger charge is 2.15. The number of halogens is 1. The van der Waals surface area contributed by atoms with Gasteiger partial charge in [0.05, 0.1) is 0 Å². The maximum atomic E-state index is 5.95. The number of benzene rings is 1. The molecule has 0 aromatic heterocycles. The van der Waals surface area contributed by atoms with Crippen LogP contribution >= 0.6 is 11.6 Å². The van der Waals surface area contributed by atoms with E-state index in [1.165, 1.54) is 11.3 Å². The number of hydrogen-bond acceptors (Lipinski definition) is 3. The van der Waals surface area contributed by atoms with Crippen molar-refractivity contribution in [1.82, 2.24) is 10.2 Å². The van der Waals surface area contributed by atoms with E-state index < -0.39 is 0 Å². The molecule has 0 spiro atoms. The van der Waals surface area contributed by atoms with Crippen LogP contribution in [-0.2, 0) is 0 Å². The molecule has 1 aliphatic heterocycles. The van der Waals surface area contributed by atoms with Crippen LogP contribution in [0, 0.1) is 6.92 Å². The summed E-state index contributed by atoms with van der Waals surface area (Å²) in [5.41, 5.74) is 2.39. The van der Waals surface area contributed by atoms with Crippen LogP contribution in [0.15, 0.2) is 18.2 Å². The first-order valence-corrected chi connectivity index (χ1v) is 6.95. The average Bonchev–Trinajstić information content (AvgIpc) is 2.32. The summed E-state index contributed by atoms with van der Waals surface area (Å²) in [5, 5.41) is 7.84. The summed E-state index contributed by atoms with van der Waals surface area (Å²) in [7, 11) is 2.19. The Hall–Kier alpha value is -0.770. The molecule has 1 aromatic carbocycles. The van der Waals surface area contributed by atoms with Gasteiger partial charge < -0.3 is 15.5 Å². The van der Waals surface area contributed by atoms with Gasteiger partial charge in [-0.05, 0) is 44.2 Å². The third-order valence-electron chi connectivity index (χ3n) is 3.46. The molecule has 1 atom stereocenters. The van der Waals surface area contributed by atoms with Gasteiger partial charge in [0.2, 0.25) is 0 Å². The quantitative estimate of drug-likeness (QED) is 0.877. The van der Waals surface area contributed by atoms with Crippen molar-refractivity contribution in [3.05, 3.63) is 28.8 Å². The standard InChI is InChI=1S/C14H22ClN3/c1-11-9-12(15)3-4-14(11)17-6-5-13-10-18(2)8-7-16-13/h3-4,9,13,16-17H,5-8,10H2,1-2H3. The molecule has 1 saturated heterocycles. The maximum absolute atomic E-state index is 5.95. The third-order valence-corrected chi connectivity index (χ3v) is 3.69. The van der Waals surface area contributed by atoms with Crippen molar-refractivity contribution < 1.29 is 0 Å². The fourth-order valence-electron chi connectivity index (χ4n) is 2.39. The summed E-state index contributed by atoms with van der Waals surface area (Å²) in [6.07, 6.45) is 1.15. The van der Waals surface area contributed by atoms with E-state index in [1.807, 2.05) is 12.1 Å². The first kappa shape index (κ1) is 13.7. The monoisotopic (exact) mass is 267 g/mol. The first-order chi connectivity index (χ1) is 8.65. The lowest BCUT2D eigenvalue weighted by molar-refractivity contribution is 0.234. The molecule has 0 aliphatic carbocycles. The molecule has 100 valence electrons. The fourth-order valence-corrected chi connectivity index (χ4v) is 2.62. The smallest absolute Gasteiger partial charge is 0.0410 e. The van der Waals surface area contributed by atoms with Crippen molar-refractivity contribution >= 4 is 17.3 Å². The predicted octanol–water partition coefficient (Wildman–Crippen LogP) is 2.35. The van der Waals surface area contributed by atoms with E-state index in [1.54, 1.807) is 0 Å². The Morgan fingerprint density at radius 3 is 3.06 bits per heavy atom. The molecule has 1 heterocycles. The second-order valence-corrected chi connectivity index (χ2v) is 5.52. The highest BCUT2D eigenvalue weighted by atomic mass is 35.5. The number of anilines is 1. The van der Waals surface area contributed by atoms with Gasteiger partial charge in [0.25, 0.3) is 0 Å². The topological polar surface area (TPSA) is 27.3 Å². The minimum absolute atomic E-state index is 0.601. The molecule has 1 fully saturated rings. The molecule has 0 amide bonds. The van der Waals surface area contributed by atoms with Crippen molar-refractivity contribution in [2.45, 2.75) is 19.4 Å². The van der Waals surface area contributed by atoms with Crippen molar-refractivity contribution in [2.24, 2.45) is 0 Å². The van der Waals surface area contributed by atoms with Gasteiger partial charge in [-0.3, -0.25) is 0 Å². The van der Waals surface area contributed by atoms with Gasteiger partial charge in [0, 0.05) is 42.9 Å². The van der Waals surface area contributed by atoms with Gasteiger partial charge in [-0.15, -0.1) is 0 Å². The highest BCUT2D eigenvalue weighted by molar-refractivity contribution is 6.30. The van der Waals surface area contributed by atoms with E-state index in [0.29, 0.717) is 6.04 Å². The lowest BCUT2D eigenvalue weighted by atomic mass is 10.1. The van der Waals surface area contributed by atoms with Crippen molar-refractivity contribution in [1.29, 1.82) is 0 Å². The normalized spacial score (nSPS) is 20.9. The van der Waals surface area contributed by atoms with Crippen molar-refractivity contribution in [2.75, 3.05) is 38.5 Å². The molecule has 1 aromatic rings. The summed E-state index contributed by atoms with van der Waals surface area (Å²) in [6, 6.07) is 6.59. The Balaban J connectivity index is 1.77. The Bertz CT molecular complexity index is 395. The fraction of sp³-hybridized carbons (Fsp3) is 0.571. The molecule has 2 N–H and O–H groups in total. The van der Waals surface area contributed by atoms with E-state index in [0.717, 1.165) is 37.6 Å². The highest BCUT2D eigenvalue weighted by Crippen LogP contribution is 2.19. The molecule has 18 heavy (non-hydrogen) atoms. The van der Waals surface area contributed by atoms with Crippen LogP contribution in [0.3, 0.4) is 0 Å². The summed E-state index contributed by atoms with van der Waals surface area (Å²) in [6.45, 7) is 6.47. The number of aryl methyl sites for hydroxylation is 1. The zero-order valence-electron chi connectivity index (χ0n) is 11.2. The largest absolute Gasteiger partial charge is 0.385 e. The van der Waals surface area contributed by atoms with Crippen LogP contribution in [0.5, 0.6) is 0 Å². The molecule has 0 saturated carbocycles. The molecule has 0 bridgehead atoms. The summed E-state index contributed by atoms with van der Waals surface area (Å²) in [4.78, 5) is 2.38. The first-order valence-electron chi connectivity index (χ1n) is 6.57. The molecule has 3 nitrogen and oxygen atoms in total. The van der Waals surface area contributed by atoms with Gasteiger partial charge in [-0.1, -0.05) is 11.6 Å². The Labute approximate surface area is 115 Å². The number of likely N-dealkylation sites (N-methyl/N-ethyl adjacent to an activating group) is 1. The lowest BCUT2D eigenvalue weighted by Gasteiger charge is -2.31. The van der Waals surface area contributed by atoms with Crippen LogP contribution in [0.1, 0.15) is 12.0 Å². The zero-order chi connectivity index (χ0) is 13.0. The maximum Gasteiger partial charge on any atom is 0.0410 e. The second-order valence-electron chi connectivity index (χ2n) is 5.09. The zero-order valence-corrected chi connectivity index (χ0v) is 11.9. The molecular weight excluding hydrogens is 246 g/mol. The number of rotatable bonds is 4. The van der Waals surface area contributed by atoms with Crippen LogP contribution in [0.25, 0.3) is 0 Å². The molecule has 0 radical (unpaired) electrons. The lowest BCUT2D eigenvalue weighted by Crippen LogP contribution is -2.49. The second kappa shape index (κ2) is 6.41. The molecular formula is C14H22ClN3. The average molecular weight is 268 g/mol. The van der Waals surface area contributed by atoms with Crippen molar-refractivity contribution in [3.63, 3.8) is 0 Å². The van der Waals surface area contributed by atoms with Gasteiger partial charge >= 0.3 is 0 Å². The Morgan fingerprint density at radius 1 is 1.50 bits per heavy atom. The minimum Gasteiger partial charge on any atom is -0.385 e. The van der Waals surface area contributed by atoms with E-state index in [2.05, 4.69) is 35.6 Å². The van der Waals surface area contributed by atoms with Crippen LogP contribution in [-0.4, -0.2) is 44.2 Å². The van der Waals surface area contributed by atoms with E-state index in [4.69, 9.17) is 11.6 Å². The summed E-state index contributed by atoms with van der Waals surface area (Å²) < 4.78 is 0. The third kappa shape index (κ3) is 3.87. The van der Waals surface area contributed by atoms with Gasteiger partial charge in [0.1, 0.15) is 0 Å². The molecule has 1 aliphatic rings. The Kier molecular flexibility index (Phi) is 4.87. The van der Waals surface area contributed by atoms with Gasteiger partial charge in [-0.25, -0.2) is 0 Å². The molecule has 2 rings (SSSR count). The van der Waals surface area contributed by atoms with E-state index in [-0.39, 0.29) is 0 Å². The number of nitrogens with one attached hydrogen (secondary N) is 2. The summed E-state index contributed by atoms with van der Waals surface area (Å²) in [5.74, 6) is 0. The van der Waals surface area contributed by atoms with Crippen LogP contribution in [0.4, 0.5) is 5.69 Å². The Morgan fingerprint density at radius 2 is 2.33 bits per heavy atom. The van der Waals surface area contributed by atoms with Crippen LogP contribution < -0.4 is 10.6 Å². The number of hydrogen-bond donors (Lipinski definition) is 2. The summed E-state index contributed by atoms with van der Waals surface area (Å²) >= 11 is 5.95. The van der Waals surface area contributed by atoms with E-state index in [9.17, 15) is 0 Å². The predicted molar refractivity (Wildman–Crippen MR) is 78.6 cm³/mol. The molecule has 4 heteroatoms. The SMILES string of the molecule is Cc1cc(Cl)ccc1NCCC1CN(C)CCN1. The van der Waals surface area contributed by atoms with Crippen LogP contribution in [0.2, 0.25) is 5.02 Å². The number of piperazine rings is 1. The minimum atomic E-state index is 0.601. The van der Waals surface area contributed by atoms with Gasteiger partial charge in [0.15, 0.2) is 0 Å². The number of nitrogens with zero attached hydrogens (tertiary/aromatic N) is 1. The molecule has 1 unspecified atom stereocenters.